The van der Waals surface area contributed by atoms with Crippen LogP contribution in [0.4, 0.5) is 5.82 Å². The van der Waals surface area contributed by atoms with Crippen LogP contribution < -0.4 is 10.9 Å². The summed E-state index contributed by atoms with van der Waals surface area (Å²) in [5, 5.41) is 8.35. The lowest BCUT2D eigenvalue weighted by atomic mass is 9.97. The van der Waals surface area contributed by atoms with Crippen molar-refractivity contribution >= 4 is 5.82 Å². The molecule has 0 radical (unpaired) electrons. The standard InChI is InChI=1S/C24H35N7O/c1-29-11-9-22-20(16-29)24(27-17-26-22)25-15-19-7-4-5-10-30(19)12-13-31-23(32)14-18-6-2-3-8-21(18)28-31/h14,17,19H,2-13,15-16H2,1H3,(H,25,26,27). The van der Waals surface area contributed by atoms with Crippen LogP contribution in [-0.4, -0.2) is 68.8 Å². The third kappa shape index (κ3) is 4.71. The van der Waals surface area contributed by atoms with Crippen molar-refractivity contribution in [2.24, 2.45) is 0 Å². The van der Waals surface area contributed by atoms with Gasteiger partial charge in [-0.2, -0.15) is 5.10 Å². The van der Waals surface area contributed by atoms with E-state index in [0.29, 0.717) is 12.6 Å². The van der Waals surface area contributed by atoms with E-state index in [4.69, 9.17) is 5.10 Å². The van der Waals surface area contributed by atoms with Gasteiger partial charge >= 0.3 is 0 Å². The van der Waals surface area contributed by atoms with E-state index in [-0.39, 0.29) is 5.56 Å². The number of rotatable bonds is 6. The highest BCUT2D eigenvalue weighted by Crippen LogP contribution is 2.23. The van der Waals surface area contributed by atoms with Crippen molar-refractivity contribution in [1.29, 1.82) is 0 Å². The minimum Gasteiger partial charge on any atom is -0.368 e. The molecule has 2 aromatic rings. The molecule has 0 saturated carbocycles. The Kier molecular flexibility index (Phi) is 6.50. The zero-order valence-electron chi connectivity index (χ0n) is 19.2. The van der Waals surface area contributed by atoms with Gasteiger partial charge in [-0.05, 0) is 57.7 Å². The molecule has 0 aromatic carbocycles. The first kappa shape index (κ1) is 21.5. The minimum absolute atomic E-state index is 0.0501. The predicted molar refractivity (Wildman–Crippen MR) is 125 cm³/mol. The van der Waals surface area contributed by atoms with Crippen LogP contribution in [0, 0.1) is 0 Å². The van der Waals surface area contributed by atoms with E-state index in [0.717, 1.165) is 69.1 Å². The first-order valence-electron chi connectivity index (χ1n) is 12.3. The van der Waals surface area contributed by atoms with E-state index < -0.39 is 0 Å². The van der Waals surface area contributed by atoms with E-state index >= 15 is 0 Å². The molecule has 5 rings (SSSR count). The van der Waals surface area contributed by atoms with Gasteiger partial charge in [-0.25, -0.2) is 14.6 Å². The van der Waals surface area contributed by atoms with Gasteiger partial charge in [0, 0.05) is 50.3 Å². The first-order valence-corrected chi connectivity index (χ1v) is 12.3. The van der Waals surface area contributed by atoms with E-state index in [1.54, 1.807) is 11.0 Å². The van der Waals surface area contributed by atoms with Crippen molar-refractivity contribution in [2.45, 2.75) is 70.5 Å². The fourth-order valence-electron chi connectivity index (χ4n) is 5.41. The molecular weight excluding hydrogens is 402 g/mol. The molecule has 32 heavy (non-hydrogen) atoms. The number of nitrogens with zero attached hydrogens (tertiary/aromatic N) is 6. The van der Waals surface area contributed by atoms with Crippen LogP contribution >= 0.6 is 0 Å². The molecule has 1 atom stereocenters. The number of fused-ring (bicyclic) bond motifs is 2. The number of likely N-dealkylation sites (tertiary alicyclic amines) is 1. The maximum Gasteiger partial charge on any atom is 0.267 e. The maximum absolute atomic E-state index is 12.6. The maximum atomic E-state index is 12.6. The number of aromatic nitrogens is 4. The highest BCUT2D eigenvalue weighted by atomic mass is 16.1. The second-order valence-corrected chi connectivity index (χ2v) is 9.59. The highest BCUT2D eigenvalue weighted by Gasteiger charge is 2.24. The van der Waals surface area contributed by atoms with Gasteiger partial charge in [0.1, 0.15) is 12.1 Å². The van der Waals surface area contributed by atoms with Gasteiger partial charge in [-0.1, -0.05) is 6.42 Å². The van der Waals surface area contributed by atoms with E-state index in [2.05, 4.69) is 32.1 Å². The number of aryl methyl sites for hydroxylation is 2. The topological polar surface area (TPSA) is 79.2 Å². The van der Waals surface area contributed by atoms with Gasteiger partial charge in [-0.15, -0.1) is 0 Å². The zero-order valence-corrected chi connectivity index (χ0v) is 19.2. The number of piperidine rings is 1. The average Bonchev–Trinajstić information content (AvgIpc) is 2.82. The number of hydrogen-bond acceptors (Lipinski definition) is 7. The van der Waals surface area contributed by atoms with E-state index in [1.807, 2.05) is 6.07 Å². The van der Waals surface area contributed by atoms with Crippen LogP contribution in [0.25, 0.3) is 0 Å². The number of anilines is 1. The van der Waals surface area contributed by atoms with Crippen molar-refractivity contribution in [3.05, 3.63) is 45.3 Å². The van der Waals surface area contributed by atoms with Crippen LogP contribution in [0.3, 0.4) is 0 Å². The number of likely N-dealkylation sites (N-methyl/N-ethyl adjacent to an activating group) is 1. The molecule has 1 saturated heterocycles. The van der Waals surface area contributed by atoms with Gasteiger partial charge in [0.15, 0.2) is 0 Å². The first-order chi connectivity index (χ1) is 15.7. The second-order valence-electron chi connectivity index (χ2n) is 9.59. The fourth-order valence-corrected chi connectivity index (χ4v) is 5.41. The summed E-state index contributed by atoms with van der Waals surface area (Å²) in [7, 11) is 2.15. The molecular formula is C24H35N7O. The average molecular weight is 438 g/mol. The Morgan fingerprint density at radius 1 is 1.03 bits per heavy atom. The Balaban J connectivity index is 1.23. The molecule has 4 heterocycles. The smallest absolute Gasteiger partial charge is 0.267 e. The summed E-state index contributed by atoms with van der Waals surface area (Å²) < 4.78 is 1.69. The Labute approximate surface area is 190 Å². The molecule has 1 aliphatic carbocycles. The van der Waals surface area contributed by atoms with Gasteiger partial charge < -0.3 is 10.2 Å². The third-order valence-electron chi connectivity index (χ3n) is 7.32. The molecule has 8 heteroatoms. The van der Waals surface area contributed by atoms with Crippen LogP contribution in [0.5, 0.6) is 0 Å². The summed E-state index contributed by atoms with van der Waals surface area (Å²) >= 11 is 0. The Bertz CT molecular complexity index is 1000. The summed E-state index contributed by atoms with van der Waals surface area (Å²) in [6, 6.07) is 2.27. The molecule has 2 aliphatic heterocycles. The fraction of sp³-hybridized carbons (Fsp3) is 0.667. The summed E-state index contributed by atoms with van der Waals surface area (Å²) in [5.74, 6) is 0.986. The Hall–Kier alpha value is -2.32. The molecule has 2 aromatic heterocycles. The zero-order chi connectivity index (χ0) is 21.9. The van der Waals surface area contributed by atoms with E-state index in [1.165, 1.54) is 43.4 Å². The molecule has 1 unspecified atom stereocenters. The summed E-state index contributed by atoms with van der Waals surface area (Å²) in [4.78, 5) is 26.5. The molecule has 0 bridgehead atoms. The number of hydrogen-bond donors (Lipinski definition) is 1. The van der Waals surface area contributed by atoms with Crippen LogP contribution in [0.1, 0.15) is 54.6 Å². The quantitative estimate of drug-likeness (QED) is 0.739. The van der Waals surface area contributed by atoms with Crippen molar-refractivity contribution < 1.29 is 0 Å². The normalized spacial score (nSPS) is 21.7. The Morgan fingerprint density at radius 2 is 1.94 bits per heavy atom. The SMILES string of the molecule is CN1CCc2ncnc(NCC3CCCCN3CCn3nc4c(cc3=O)CCCC4)c2C1. The molecule has 0 amide bonds. The van der Waals surface area contributed by atoms with Crippen LogP contribution in [0.2, 0.25) is 0 Å². The molecule has 1 fully saturated rings. The lowest BCUT2D eigenvalue weighted by Gasteiger charge is -2.36. The Morgan fingerprint density at radius 3 is 2.88 bits per heavy atom. The van der Waals surface area contributed by atoms with Crippen molar-refractivity contribution in [2.75, 3.05) is 38.5 Å². The molecule has 8 nitrogen and oxygen atoms in total. The van der Waals surface area contributed by atoms with Gasteiger partial charge in [0.25, 0.3) is 5.56 Å². The number of nitrogens with one attached hydrogen (secondary N) is 1. The monoisotopic (exact) mass is 437 g/mol. The third-order valence-corrected chi connectivity index (χ3v) is 7.32. The molecule has 3 aliphatic rings. The predicted octanol–water partition coefficient (Wildman–Crippen LogP) is 1.87. The summed E-state index contributed by atoms with van der Waals surface area (Å²) in [6.07, 6.45) is 10.7. The summed E-state index contributed by atoms with van der Waals surface area (Å²) in [6.45, 7) is 5.44. The van der Waals surface area contributed by atoms with Crippen molar-refractivity contribution in [3.63, 3.8) is 0 Å². The van der Waals surface area contributed by atoms with Gasteiger partial charge in [-0.3, -0.25) is 9.69 Å². The van der Waals surface area contributed by atoms with Crippen molar-refractivity contribution in [1.82, 2.24) is 29.5 Å². The largest absolute Gasteiger partial charge is 0.368 e. The van der Waals surface area contributed by atoms with Crippen molar-refractivity contribution in [3.8, 4) is 0 Å². The van der Waals surface area contributed by atoms with Gasteiger partial charge in [0.05, 0.1) is 17.9 Å². The minimum atomic E-state index is 0.0501. The van der Waals surface area contributed by atoms with Gasteiger partial charge in [0.2, 0.25) is 0 Å². The molecule has 0 spiro atoms. The summed E-state index contributed by atoms with van der Waals surface area (Å²) in [5.41, 5.74) is 4.77. The lowest BCUT2D eigenvalue weighted by molar-refractivity contribution is 0.147. The second kappa shape index (κ2) is 9.67. The highest BCUT2D eigenvalue weighted by molar-refractivity contribution is 5.47. The van der Waals surface area contributed by atoms with Crippen LogP contribution in [0.15, 0.2) is 17.2 Å². The molecule has 172 valence electrons. The lowest BCUT2D eigenvalue weighted by Crippen LogP contribution is -2.46. The van der Waals surface area contributed by atoms with Crippen LogP contribution in [-0.2, 0) is 32.4 Å². The van der Waals surface area contributed by atoms with E-state index in [9.17, 15) is 4.79 Å². The molecule has 1 N–H and O–H groups in total.